The zero-order chi connectivity index (χ0) is 20.8. The van der Waals surface area contributed by atoms with Gasteiger partial charge in [0.15, 0.2) is 0 Å². The van der Waals surface area contributed by atoms with E-state index >= 15 is 0 Å². The molecule has 2 N–H and O–H groups in total. The Hall–Kier alpha value is -2.45. The van der Waals surface area contributed by atoms with Gasteiger partial charge in [0.25, 0.3) is 5.88 Å². The first-order valence-electron chi connectivity index (χ1n) is 10.7. The molecule has 2 heterocycles. The molecule has 1 saturated carbocycles. The summed E-state index contributed by atoms with van der Waals surface area (Å²) in [5.74, 6) is 0.234. The minimum Gasteiger partial charge on any atom is -0.475 e. The van der Waals surface area contributed by atoms with E-state index in [1.165, 1.54) is 0 Å². The summed E-state index contributed by atoms with van der Waals surface area (Å²) >= 11 is 0. The highest BCUT2D eigenvalue weighted by Crippen LogP contribution is 2.26. The zero-order valence-electron chi connectivity index (χ0n) is 17.4. The molecule has 1 aromatic heterocycles. The topological polar surface area (TPSA) is 71.5 Å². The molecule has 0 bridgehead atoms. The SMILES string of the molecule is CNC1CCC(COc2nc(Nc3ccc(N4CCOCC4)cc3)ncc2F)CC1. The van der Waals surface area contributed by atoms with Crippen molar-refractivity contribution in [1.82, 2.24) is 15.3 Å². The van der Waals surface area contributed by atoms with Crippen molar-refractivity contribution in [2.24, 2.45) is 5.92 Å². The van der Waals surface area contributed by atoms with Gasteiger partial charge in [-0.2, -0.15) is 9.37 Å². The summed E-state index contributed by atoms with van der Waals surface area (Å²) in [6, 6.07) is 8.63. The number of anilines is 3. The number of aromatic nitrogens is 2. The molecule has 2 aromatic rings. The highest BCUT2D eigenvalue weighted by atomic mass is 19.1. The Morgan fingerprint density at radius 3 is 2.57 bits per heavy atom. The normalized spacial score (nSPS) is 22.0. The highest BCUT2D eigenvalue weighted by Gasteiger charge is 2.21. The summed E-state index contributed by atoms with van der Waals surface area (Å²) in [5.41, 5.74) is 2.00. The molecule has 7 nitrogen and oxygen atoms in total. The van der Waals surface area contributed by atoms with Gasteiger partial charge in [-0.05, 0) is 62.9 Å². The van der Waals surface area contributed by atoms with Gasteiger partial charge < -0.3 is 25.0 Å². The molecule has 1 aliphatic heterocycles. The molecule has 1 saturated heterocycles. The molecular formula is C22H30FN5O2. The van der Waals surface area contributed by atoms with Crippen molar-refractivity contribution in [3.8, 4) is 5.88 Å². The standard InChI is InChI=1S/C22H30FN5O2/c1-24-17-4-2-16(3-5-17)15-30-21-20(23)14-25-22(27-21)26-18-6-8-19(9-7-18)28-10-12-29-13-11-28/h6-9,14,16-17,24H,2-5,10-13,15H2,1H3,(H,25,26,27). The number of hydrogen-bond acceptors (Lipinski definition) is 7. The number of halogens is 1. The summed E-state index contributed by atoms with van der Waals surface area (Å²) in [6.07, 6.45) is 5.58. The summed E-state index contributed by atoms with van der Waals surface area (Å²) in [5, 5.41) is 6.45. The van der Waals surface area contributed by atoms with Gasteiger partial charge in [0.05, 0.1) is 26.0 Å². The van der Waals surface area contributed by atoms with Crippen LogP contribution in [0.25, 0.3) is 0 Å². The number of benzene rings is 1. The van der Waals surface area contributed by atoms with E-state index in [9.17, 15) is 4.39 Å². The second kappa shape index (κ2) is 10.0. The van der Waals surface area contributed by atoms with E-state index in [2.05, 4.69) is 37.6 Å². The smallest absolute Gasteiger partial charge is 0.255 e. The van der Waals surface area contributed by atoms with Crippen molar-refractivity contribution in [3.63, 3.8) is 0 Å². The molecule has 2 fully saturated rings. The summed E-state index contributed by atoms with van der Waals surface area (Å²) < 4.78 is 25.2. The average Bonchev–Trinajstić information content (AvgIpc) is 2.81. The molecule has 162 valence electrons. The summed E-state index contributed by atoms with van der Waals surface area (Å²) in [6.45, 7) is 3.78. The molecular weight excluding hydrogens is 385 g/mol. The van der Waals surface area contributed by atoms with Crippen LogP contribution in [0, 0.1) is 11.7 Å². The summed E-state index contributed by atoms with van der Waals surface area (Å²) in [4.78, 5) is 10.6. The predicted octanol–water partition coefficient (Wildman–Crippen LogP) is 3.35. The Bertz CT molecular complexity index is 806. The molecule has 4 rings (SSSR count). The maximum absolute atomic E-state index is 14.1. The molecule has 2 aliphatic rings. The van der Waals surface area contributed by atoms with E-state index in [-0.39, 0.29) is 5.88 Å². The number of rotatable bonds is 7. The third-order valence-corrected chi connectivity index (χ3v) is 5.92. The van der Waals surface area contributed by atoms with Crippen LogP contribution in [0.15, 0.2) is 30.5 Å². The lowest BCUT2D eigenvalue weighted by molar-refractivity contribution is 0.122. The van der Waals surface area contributed by atoms with Crippen molar-refractivity contribution in [1.29, 1.82) is 0 Å². The maximum Gasteiger partial charge on any atom is 0.255 e. The number of hydrogen-bond donors (Lipinski definition) is 2. The van der Waals surface area contributed by atoms with Crippen LogP contribution in [0.5, 0.6) is 5.88 Å². The number of ether oxygens (including phenoxy) is 2. The van der Waals surface area contributed by atoms with E-state index in [0.717, 1.165) is 69.6 Å². The van der Waals surface area contributed by atoms with Gasteiger partial charge in [0.1, 0.15) is 0 Å². The maximum atomic E-state index is 14.1. The van der Waals surface area contributed by atoms with Gasteiger partial charge in [-0.15, -0.1) is 0 Å². The quantitative estimate of drug-likeness (QED) is 0.719. The lowest BCUT2D eigenvalue weighted by Crippen LogP contribution is -2.36. The summed E-state index contributed by atoms with van der Waals surface area (Å²) in [7, 11) is 2.00. The first-order chi connectivity index (χ1) is 14.7. The minimum absolute atomic E-state index is 0.00757. The molecule has 8 heteroatoms. The van der Waals surface area contributed by atoms with Crippen molar-refractivity contribution in [2.45, 2.75) is 31.7 Å². The molecule has 0 spiro atoms. The molecule has 0 unspecified atom stereocenters. The Morgan fingerprint density at radius 1 is 1.13 bits per heavy atom. The van der Waals surface area contributed by atoms with Crippen LogP contribution in [0.4, 0.5) is 21.7 Å². The third-order valence-electron chi connectivity index (χ3n) is 5.92. The second-order valence-electron chi connectivity index (χ2n) is 7.94. The van der Waals surface area contributed by atoms with Crippen LogP contribution in [0.2, 0.25) is 0 Å². The fourth-order valence-electron chi connectivity index (χ4n) is 4.03. The van der Waals surface area contributed by atoms with E-state index < -0.39 is 5.82 Å². The molecule has 0 radical (unpaired) electrons. The predicted molar refractivity (Wildman–Crippen MR) is 115 cm³/mol. The lowest BCUT2D eigenvalue weighted by Gasteiger charge is -2.28. The minimum atomic E-state index is -0.535. The third kappa shape index (κ3) is 5.37. The van der Waals surface area contributed by atoms with Crippen LogP contribution in [-0.2, 0) is 4.74 Å². The van der Waals surface area contributed by atoms with Crippen molar-refractivity contribution < 1.29 is 13.9 Å². The lowest BCUT2D eigenvalue weighted by atomic mass is 9.87. The Labute approximate surface area is 177 Å². The Balaban J connectivity index is 1.33. The molecule has 0 atom stereocenters. The van der Waals surface area contributed by atoms with Crippen molar-refractivity contribution in [3.05, 3.63) is 36.3 Å². The molecule has 1 aromatic carbocycles. The van der Waals surface area contributed by atoms with Gasteiger partial charge in [-0.1, -0.05) is 0 Å². The van der Waals surface area contributed by atoms with E-state index in [0.29, 0.717) is 24.5 Å². The average molecular weight is 416 g/mol. The fraction of sp³-hybridized carbons (Fsp3) is 0.545. The van der Waals surface area contributed by atoms with E-state index in [1.807, 2.05) is 19.2 Å². The molecule has 0 amide bonds. The first kappa shape index (κ1) is 20.8. The number of morpholine rings is 1. The van der Waals surface area contributed by atoms with Crippen molar-refractivity contribution in [2.75, 3.05) is 50.2 Å². The van der Waals surface area contributed by atoms with Crippen LogP contribution in [0.1, 0.15) is 25.7 Å². The highest BCUT2D eigenvalue weighted by molar-refractivity contribution is 5.59. The van der Waals surface area contributed by atoms with Gasteiger partial charge >= 0.3 is 0 Å². The van der Waals surface area contributed by atoms with Gasteiger partial charge in [0, 0.05) is 30.5 Å². The van der Waals surface area contributed by atoms with E-state index in [1.54, 1.807) is 0 Å². The number of nitrogens with one attached hydrogen (secondary N) is 2. The first-order valence-corrected chi connectivity index (χ1v) is 10.7. The Kier molecular flexibility index (Phi) is 6.96. The van der Waals surface area contributed by atoms with Crippen molar-refractivity contribution >= 4 is 17.3 Å². The monoisotopic (exact) mass is 415 g/mol. The van der Waals surface area contributed by atoms with Gasteiger partial charge in [-0.3, -0.25) is 0 Å². The van der Waals surface area contributed by atoms with E-state index in [4.69, 9.17) is 9.47 Å². The van der Waals surface area contributed by atoms with Crippen LogP contribution >= 0.6 is 0 Å². The fourth-order valence-corrected chi connectivity index (χ4v) is 4.03. The Morgan fingerprint density at radius 2 is 1.87 bits per heavy atom. The molecule has 1 aliphatic carbocycles. The van der Waals surface area contributed by atoms with Crippen LogP contribution in [0.3, 0.4) is 0 Å². The second-order valence-corrected chi connectivity index (χ2v) is 7.94. The van der Waals surface area contributed by atoms with Crippen LogP contribution < -0.4 is 20.3 Å². The largest absolute Gasteiger partial charge is 0.475 e. The number of nitrogens with zero attached hydrogens (tertiary/aromatic N) is 3. The van der Waals surface area contributed by atoms with Gasteiger partial charge in [-0.25, -0.2) is 4.98 Å². The van der Waals surface area contributed by atoms with Crippen LogP contribution in [-0.4, -0.2) is 56.0 Å². The van der Waals surface area contributed by atoms with Gasteiger partial charge in [0.2, 0.25) is 11.8 Å². The zero-order valence-corrected chi connectivity index (χ0v) is 17.4. The molecule has 30 heavy (non-hydrogen) atoms.